The molecule has 0 unspecified atom stereocenters. The molecule has 3 aromatic carbocycles. The summed E-state index contributed by atoms with van der Waals surface area (Å²) in [6.45, 7) is 0. The van der Waals surface area contributed by atoms with Crippen molar-refractivity contribution < 1.29 is 8.42 Å². The lowest BCUT2D eigenvalue weighted by Crippen LogP contribution is -1.96. The first-order chi connectivity index (χ1) is 19.1. The third kappa shape index (κ3) is 7.74. The number of sulfone groups is 1. The van der Waals surface area contributed by atoms with Gasteiger partial charge in [0.1, 0.15) is 0 Å². The quantitative estimate of drug-likeness (QED) is 0.130. The average Bonchev–Trinajstić information content (AvgIpc) is 2.94. The molecule has 0 bridgehead atoms. The molecule has 6 rings (SSSR count). The summed E-state index contributed by atoms with van der Waals surface area (Å²) in [4.78, 5) is 14.0. The lowest BCUT2D eigenvalue weighted by atomic mass is 10.2. The van der Waals surface area contributed by atoms with Crippen LogP contribution >= 0.6 is 69.2 Å². The number of halogens is 4. The summed E-state index contributed by atoms with van der Waals surface area (Å²) in [7, 11) is -3.20. The van der Waals surface area contributed by atoms with Crippen molar-refractivity contribution in [3.05, 3.63) is 110 Å². The maximum Gasteiger partial charge on any atom is 0.175 e. The second-order valence-corrected chi connectivity index (χ2v) is 13.7. The van der Waals surface area contributed by atoms with Gasteiger partial charge < -0.3 is 0 Å². The summed E-state index contributed by atoms with van der Waals surface area (Å²) in [5.74, 6) is 0. The SMILES string of the molecule is CS(=O)(=O)c1ccc2nccc(Cl)c2c1.CSc1ccc2nccc(Cl)c2c1.Clc1ccnc2ccc(I)cc12. The highest BCUT2D eigenvalue weighted by molar-refractivity contribution is 14.1. The van der Waals surface area contributed by atoms with Gasteiger partial charge in [-0.3, -0.25) is 15.0 Å². The monoisotopic (exact) mass is 739 g/mol. The summed E-state index contributed by atoms with van der Waals surface area (Å²) in [5, 5.41) is 4.73. The van der Waals surface area contributed by atoms with Crippen LogP contribution in [0.5, 0.6) is 0 Å². The Hall–Kier alpha value is -2.21. The second kappa shape index (κ2) is 13.6. The molecule has 3 heterocycles. The van der Waals surface area contributed by atoms with Crippen molar-refractivity contribution in [3.8, 4) is 0 Å². The summed E-state index contributed by atoms with van der Waals surface area (Å²) in [6.07, 6.45) is 8.25. The largest absolute Gasteiger partial charge is 0.256 e. The van der Waals surface area contributed by atoms with Crippen molar-refractivity contribution >= 4 is 112 Å². The van der Waals surface area contributed by atoms with Crippen LogP contribution in [-0.4, -0.2) is 35.9 Å². The molecule has 40 heavy (non-hydrogen) atoms. The van der Waals surface area contributed by atoms with Gasteiger partial charge in [0.05, 0.1) is 36.5 Å². The topological polar surface area (TPSA) is 72.8 Å². The predicted molar refractivity (Wildman–Crippen MR) is 178 cm³/mol. The first kappa shape index (κ1) is 30.7. The van der Waals surface area contributed by atoms with Crippen molar-refractivity contribution in [2.75, 3.05) is 12.5 Å². The maximum absolute atomic E-state index is 11.3. The molecule has 0 aliphatic rings. The van der Waals surface area contributed by atoms with Crippen LogP contribution < -0.4 is 0 Å². The Morgan fingerprint density at radius 3 is 1.60 bits per heavy atom. The van der Waals surface area contributed by atoms with Crippen LogP contribution in [0.1, 0.15) is 0 Å². The van der Waals surface area contributed by atoms with E-state index in [0.29, 0.717) is 15.9 Å². The molecule has 204 valence electrons. The second-order valence-electron chi connectivity index (χ2n) is 8.37. The van der Waals surface area contributed by atoms with E-state index in [1.54, 1.807) is 54.6 Å². The lowest BCUT2D eigenvalue weighted by Gasteiger charge is -2.02. The lowest BCUT2D eigenvalue weighted by molar-refractivity contribution is 0.602. The summed E-state index contributed by atoms with van der Waals surface area (Å²) < 4.78 is 23.8. The van der Waals surface area contributed by atoms with E-state index >= 15 is 0 Å². The highest BCUT2D eigenvalue weighted by Crippen LogP contribution is 2.26. The van der Waals surface area contributed by atoms with Crippen molar-refractivity contribution in [1.82, 2.24) is 15.0 Å². The molecule has 0 N–H and O–H groups in total. The molecule has 0 spiro atoms. The van der Waals surface area contributed by atoms with Gasteiger partial charge in [-0.05, 0) is 102 Å². The van der Waals surface area contributed by atoms with Gasteiger partial charge in [-0.2, -0.15) is 0 Å². The van der Waals surface area contributed by atoms with Crippen molar-refractivity contribution in [3.63, 3.8) is 0 Å². The Morgan fingerprint density at radius 2 is 1.10 bits per heavy atom. The molecular weight excluding hydrogens is 720 g/mol. The van der Waals surface area contributed by atoms with E-state index in [0.717, 1.165) is 31.9 Å². The van der Waals surface area contributed by atoms with Crippen molar-refractivity contribution in [2.24, 2.45) is 0 Å². The Kier molecular flexibility index (Phi) is 10.5. The minimum atomic E-state index is -3.20. The van der Waals surface area contributed by atoms with E-state index in [1.807, 2.05) is 36.6 Å². The van der Waals surface area contributed by atoms with E-state index in [-0.39, 0.29) is 4.90 Å². The molecule has 0 saturated heterocycles. The predicted octanol–water partition coefficient (Wildman–Crippen LogP) is 9.39. The average molecular weight is 741 g/mol. The molecule has 0 atom stereocenters. The Bertz CT molecular complexity index is 1940. The van der Waals surface area contributed by atoms with Gasteiger partial charge in [-0.15, -0.1) is 11.8 Å². The fourth-order valence-electron chi connectivity index (χ4n) is 3.63. The molecule has 0 aliphatic carbocycles. The Labute approximate surface area is 265 Å². The van der Waals surface area contributed by atoms with Gasteiger partial charge >= 0.3 is 0 Å². The normalized spacial score (nSPS) is 11.1. The molecule has 3 aromatic heterocycles. The number of hydrogen-bond acceptors (Lipinski definition) is 6. The number of aromatic nitrogens is 3. The summed E-state index contributed by atoms with van der Waals surface area (Å²) in [6, 6.07) is 22.1. The zero-order chi connectivity index (χ0) is 28.9. The Balaban J connectivity index is 0.000000140. The number of pyridine rings is 3. The number of hydrogen-bond donors (Lipinski definition) is 0. The van der Waals surface area contributed by atoms with Gasteiger partial charge in [-0.25, -0.2) is 8.42 Å². The fraction of sp³-hybridized carbons (Fsp3) is 0.0690. The number of fused-ring (bicyclic) bond motifs is 3. The van der Waals surface area contributed by atoms with Crippen LogP contribution in [0.4, 0.5) is 0 Å². The zero-order valence-electron chi connectivity index (χ0n) is 21.1. The van der Waals surface area contributed by atoms with E-state index in [4.69, 9.17) is 34.8 Å². The molecule has 0 saturated carbocycles. The van der Waals surface area contributed by atoms with E-state index in [1.165, 1.54) is 20.8 Å². The minimum Gasteiger partial charge on any atom is -0.256 e. The van der Waals surface area contributed by atoms with Crippen molar-refractivity contribution in [2.45, 2.75) is 9.79 Å². The minimum absolute atomic E-state index is 0.255. The number of nitrogens with zero attached hydrogens (tertiary/aromatic N) is 3. The van der Waals surface area contributed by atoms with Crippen LogP contribution in [-0.2, 0) is 9.84 Å². The third-order valence-electron chi connectivity index (χ3n) is 5.63. The highest BCUT2D eigenvalue weighted by atomic mass is 127. The van der Waals surface area contributed by atoms with Crippen molar-refractivity contribution in [1.29, 1.82) is 0 Å². The molecule has 0 radical (unpaired) electrons. The van der Waals surface area contributed by atoms with E-state index in [9.17, 15) is 8.42 Å². The Morgan fingerprint density at radius 1 is 0.650 bits per heavy atom. The summed E-state index contributed by atoms with van der Waals surface area (Å²) in [5.41, 5.74) is 2.59. The molecular formula is C29H21Cl3IN3O2S2. The molecule has 0 aliphatic heterocycles. The van der Waals surface area contributed by atoms with E-state index < -0.39 is 9.84 Å². The molecule has 11 heteroatoms. The van der Waals surface area contributed by atoms with Crippen LogP contribution in [0.3, 0.4) is 0 Å². The van der Waals surface area contributed by atoms with Gasteiger partial charge in [0, 0.05) is 49.5 Å². The van der Waals surface area contributed by atoms with Crippen LogP contribution in [0.2, 0.25) is 15.1 Å². The molecule has 6 aromatic rings. The van der Waals surface area contributed by atoms with Crippen LogP contribution in [0.15, 0.2) is 101 Å². The molecule has 0 fully saturated rings. The first-order valence-electron chi connectivity index (χ1n) is 11.6. The van der Waals surface area contributed by atoms with E-state index in [2.05, 4.69) is 49.7 Å². The first-order valence-corrected chi connectivity index (χ1v) is 16.9. The van der Waals surface area contributed by atoms with Gasteiger partial charge in [-0.1, -0.05) is 34.8 Å². The maximum atomic E-state index is 11.3. The zero-order valence-corrected chi connectivity index (χ0v) is 27.2. The fourth-order valence-corrected chi connectivity index (χ4v) is 5.83. The van der Waals surface area contributed by atoms with Gasteiger partial charge in [0.2, 0.25) is 0 Å². The number of benzene rings is 3. The third-order valence-corrected chi connectivity index (χ3v) is 9.13. The smallest absolute Gasteiger partial charge is 0.175 e. The number of thioether (sulfide) groups is 1. The van der Waals surface area contributed by atoms with Crippen LogP contribution in [0.25, 0.3) is 32.7 Å². The molecule has 5 nitrogen and oxygen atoms in total. The standard InChI is InChI=1S/C10H8ClNO2S.C10H8ClNS.C9H5ClIN/c1-15(13,14)7-2-3-10-8(6-7)9(11)4-5-12-10;1-13-7-2-3-10-8(6-7)9(11)4-5-12-10;10-8-3-4-12-9-2-1-6(11)5-7(8)9/h2-6H,1H3;2-6H,1H3;1-5H. The highest BCUT2D eigenvalue weighted by Gasteiger charge is 2.09. The molecule has 0 amide bonds. The van der Waals surface area contributed by atoms with Crippen LogP contribution in [0, 0.1) is 3.57 Å². The summed E-state index contributed by atoms with van der Waals surface area (Å²) >= 11 is 21.9. The van der Waals surface area contributed by atoms with Gasteiger partial charge in [0.25, 0.3) is 0 Å². The number of rotatable bonds is 2. The van der Waals surface area contributed by atoms with Gasteiger partial charge in [0.15, 0.2) is 9.84 Å².